The Bertz CT molecular complexity index is 402. The van der Waals surface area contributed by atoms with Gasteiger partial charge in [0, 0.05) is 32.7 Å². The van der Waals surface area contributed by atoms with Gasteiger partial charge in [-0.25, -0.2) is 0 Å². The van der Waals surface area contributed by atoms with Gasteiger partial charge in [0.15, 0.2) is 0 Å². The number of nitrogens with one attached hydrogen (secondary N) is 1. The largest absolute Gasteiger partial charge is 0.445 e. The van der Waals surface area contributed by atoms with E-state index in [0.717, 1.165) is 18.8 Å². The van der Waals surface area contributed by atoms with Gasteiger partial charge in [-0.15, -0.1) is 0 Å². The quantitative estimate of drug-likeness (QED) is 0.811. The molecule has 0 spiro atoms. The van der Waals surface area contributed by atoms with Crippen LogP contribution in [-0.2, 0) is 4.79 Å². The smallest absolute Gasteiger partial charge is 0.247 e. The van der Waals surface area contributed by atoms with Crippen LogP contribution in [-0.4, -0.2) is 50.6 Å². The minimum atomic E-state index is -0.112. The van der Waals surface area contributed by atoms with E-state index in [-0.39, 0.29) is 11.9 Å². The molecule has 1 saturated heterocycles. The van der Waals surface area contributed by atoms with Crippen LogP contribution in [0.1, 0.15) is 5.76 Å². The van der Waals surface area contributed by atoms with E-state index in [1.807, 2.05) is 26.1 Å². The van der Waals surface area contributed by atoms with Crippen LogP contribution in [0.25, 0.3) is 0 Å². The monoisotopic (exact) mass is 237 g/mol. The molecule has 0 saturated carbocycles. The van der Waals surface area contributed by atoms with Crippen LogP contribution in [0.2, 0.25) is 0 Å². The number of rotatable bonds is 2. The predicted molar refractivity (Wildman–Crippen MR) is 66.1 cm³/mol. The van der Waals surface area contributed by atoms with Crippen LogP contribution in [0.15, 0.2) is 16.5 Å². The third-order valence-electron chi connectivity index (χ3n) is 3.18. The Balaban J connectivity index is 2.08. The summed E-state index contributed by atoms with van der Waals surface area (Å²) in [5.74, 6) is 1.48. The summed E-state index contributed by atoms with van der Waals surface area (Å²) in [5.41, 5.74) is 0. The van der Waals surface area contributed by atoms with Crippen LogP contribution >= 0.6 is 0 Å². The maximum atomic E-state index is 12.3. The number of furan rings is 1. The van der Waals surface area contributed by atoms with Crippen molar-refractivity contribution in [3.05, 3.63) is 17.9 Å². The van der Waals surface area contributed by atoms with Crippen molar-refractivity contribution in [2.75, 3.05) is 38.6 Å². The van der Waals surface area contributed by atoms with Gasteiger partial charge >= 0.3 is 0 Å². The molecule has 1 amide bonds. The van der Waals surface area contributed by atoms with E-state index in [9.17, 15) is 4.79 Å². The molecule has 2 rings (SSSR count). The number of carbonyl (C=O) groups excluding carboxylic acids is 1. The molecule has 1 aliphatic heterocycles. The number of hydrogen-bond acceptors (Lipinski definition) is 4. The van der Waals surface area contributed by atoms with Crippen LogP contribution in [0.5, 0.6) is 0 Å². The number of anilines is 1. The van der Waals surface area contributed by atoms with E-state index in [0.29, 0.717) is 12.4 Å². The fourth-order valence-corrected chi connectivity index (χ4v) is 2.02. The number of amides is 1. The summed E-state index contributed by atoms with van der Waals surface area (Å²) < 4.78 is 5.46. The highest BCUT2D eigenvalue weighted by atomic mass is 16.4. The lowest BCUT2D eigenvalue weighted by atomic mass is 10.2. The van der Waals surface area contributed by atoms with E-state index in [4.69, 9.17) is 4.42 Å². The predicted octanol–water partition coefficient (Wildman–Crippen LogP) is 0.454. The van der Waals surface area contributed by atoms with Crippen molar-refractivity contribution in [1.82, 2.24) is 10.2 Å². The number of hydrogen-bond donors (Lipinski definition) is 1. The van der Waals surface area contributed by atoms with Gasteiger partial charge in [-0.3, -0.25) is 14.6 Å². The summed E-state index contributed by atoms with van der Waals surface area (Å²) >= 11 is 0. The zero-order valence-electron chi connectivity index (χ0n) is 10.6. The Hall–Kier alpha value is -1.33. The molecule has 1 aromatic rings. The van der Waals surface area contributed by atoms with Gasteiger partial charge in [0.05, 0.1) is 0 Å². The molecular weight excluding hydrogens is 218 g/mol. The lowest BCUT2D eigenvalue weighted by Gasteiger charge is -2.33. The summed E-state index contributed by atoms with van der Waals surface area (Å²) in [7, 11) is 3.73. The highest BCUT2D eigenvalue weighted by Gasteiger charge is 2.29. The van der Waals surface area contributed by atoms with Crippen molar-refractivity contribution in [3.63, 3.8) is 0 Å². The summed E-state index contributed by atoms with van der Waals surface area (Å²) in [6, 6.07) is 3.57. The minimum absolute atomic E-state index is 0.0639. The number of likely N-dealkylation sites (N-methyl/N-ethyl adjacent to an activating group) is 2. The molecular formula is C12H19N3O2. The first-order valence-corrected chi connectivity index (χ1v) is 5.84. The van der Waals surface area contributed by atoms with Crippen molar-refractivity contribution < 1.29 is 9.21 Å². The maximum absolute atomic E-state index is 12.3. The van der Waals surface area contributed by atoms with E-state index in [1.54, 1.807) is 11.9 Å². The Morgan fingerprint density at radius 1 is 1.59 bits per heavy atom. The molecule has 1 atom stereocenters. The van der Waals surface area contributed by atoms with Crippen LogP contribution < -0.4 is 10.2 Å². The molecule has 0 aromatic carbocycles. The first-order valence-electron chi connectivity index (χ1n) is 5.84. The maximum Gasteiger partial charge on any atom is 0.247 e. The second-order valence-electron chi connectivity index (χ2n) is 4.48. The average Bonchev–Trinajstić information content (AvgIpc) is 2.75. The number of aryl methyl sites for hydroxylation is 1. The molecule has 2 heterocycles. The second-order valence-corrected chi connectivity index (χ2v) is 4.48. The number of carbonyl (C=O) groups is 1. The first kappa shape index (κ1) is 12.1. The third kappa shape index (κ3) is 2.50. The van der Waals surface area contributed by atoms with Gasteiger partial charge in [-0.2, -0.15) is 0 Å². The Labute approximate surface area is 101 Å². The van der Waals surface area contributed by atoms with Gasteiger partial charge in [0.1, 0.15) is 11.8 Å². The van der Waals surface area contributed by atoms with Crippen molar-refractivity contribution >= 4 is 11.8 Å². The molecule has 1 fully saturated rings. The summed E-state index contributed by atoms with van der Waals surface area (Å²) in [4.78, 5) is 16.0. The molecule has 1 aromatic heterocycles. The van der Waals surface area contributed by atoms with Crippen molar-refractivity contribution in [3.8, 4) is 0 Å². The minimum Gasteiger partial charge on any atom is -0.445 e. The lowest BCUT2D eigenvalue weighted by molar-refractivity contribution is -0.123. The number of piperazine rings is 1. The normalized spacial score (nSPS) is 21.5. The third-order valence-corrected chi connectivity index (χ3v) is 3.18. The molecule has 1 aliphatic rings. The van der Waals surface area contributed by atoms with E-state index >= 15 is 0 Å². The molecule has 0 radical (unpaired) electrons. The van der Waals surface area contributed by atoms with Crippen LogP contribution in [0.3, 0.4) is 0 Å². The highest BCUT2D eigenvalue weighted by Crippen LogP contribution is 2.18. The lowest BCUT2D eigenvalue weighted by Crippen LogP contribution is -2.56. The average molecular weight is 237 g/mol. The Morgan fingerprint density at radius 2 is 2.35 bits per heavy atom. The fraction of sp³-hybridized carbons (Fsp3) is 0.583. The van der Waals surface area contributed by atoms with Crippen LogP contribution in [0, 0.1) is 6.92 Å². The first-order chi connectivity index (χ1) is 8.09. The second kappa shape index (κ2) is 4.89. The van der Waals surface area contributed by atoms with Crippen molar-refractivity contribution in [2.45, 2.75) is 13.0 Å². The number of nitrogens with zero attached hydrogens (tertiary/aromatic N) is 2. The highest BCUT2D eigenvalue weighted by molar-refractivity contribution is 5.95. The Morgan fingerprint density at radius 3 is 2.94 bits per heavy atom. The van der Waals surface area contributed by atoms with Crippen molar-refractivity contribution in [2.24, 2.45) is 0 Å². The van der Waals surface area contributed by atoms with Gasteiger partial charge in [-0.1, -0.05) is 0 Å². The Kier molecular flexibility index (Phi) is 3.49. The zero-order valence-corrected chi connectivity index (χ0v) is 10.6. The van der Waals surface area contributed by atoms with Gasteiger partial charge in [0.25, 0.3) is 0 Å². The van der Waals surface area contributed by atoms with Gasteiger partial charge in [0.2, 0.25) is 11.8 Å². The molecule has 1 N–H and O–H groups in total. The zero-order chi connectivity index (χ0) is 12.4. The van der Waals surface area contributed by atoms with Gasteiger partial charge in [-0.05, 0) is 20.0 Å². The summed E-state index contributed by atoms with van der Waals surface area (Å²) in [6.45, 7) is 4.39. The summed E-state index contributed by atoms with van der Waals surface area (Å²) in [6.07, 6.45) is 0. The van der Waals surface area contributed by atoms with E-state index < -0.39 is 0 Å². The SMILES string of the molecule is Cc1ccc(N(C)C(=O)C2CNCCN2C)o1. The van der Waals surface area contributed by atoms with E-state index in [2.05, 4.69) is 10.2 Å². The molecule has 5 nitrogen and oxygen atoms in total. The molecule has 0 bridgehead atoms. The van der Waals surface area contributed by atoms with Crippen LogP contribution in [0.4, 0.5) is 5.88 Å². The van der Waals surface area contributed by atoms with E-state index in [1.165, 1.54) is 0 Å². The molecule has 0 aliphatic carbocycles. The van der Waals surface area contributed by atoms with Gasteiger partial charge < -0.3 is 9.73 Å². The fourth-order valence-electron chi connectivity index (χ4n) is 2.02. The standard InChI is InChI=1S/C12H19N3O2/c1-9-4-5-11(17-9)15(3)12(16)10-8-13-6-7-14(10)2/h4-5,10,13H,6-8H2,1-3H3. The molecule has 94 valence electrons. The molecule has 17 heavy (non-hydrogen) atoms. The topological polar surface area (TPSA) is 48.7 Å². The molecule has 1 unspecified atom stereocenters. The van der Waals surface area contributed by atoms with Crippen molar-refractivity contribution in [1.29, 1.82) is 0 Å². The summed E-state index contributed by atoms with van der Waals surface area (Å²) in [5, 5.41) is 3.24. The molecule has 5 heteroatoms.